The van der Waals surface area contributed by atoms with Gasteiger partial charge in [0, 0.05) is 31.8 Å². The van der Waals surface area contributed by atoms with Crippen LogP contribution in [0.2, 0.25) is 5.15 Å². The summed E-state index contributed by atoms with van der Waals surface area (Å²) in [5.74, 6) is -0.415. The van der Waals surface area contributed by atoms with Crippen molar-refractivity contribution in [1.29, 1.82) is 0 Å². The first-order valence-corrected chi connectivity index (χ1v) is 10.8. The van der Waals surface area contributed by atoms with Crippen LogP contribution in [0.1, 0.15) is 25.0 Å². The number of nitrogens with one attached hydrogen (secondary N) is 3. The second-order valence-electron chi connectivity index (χ2n) is 7.74. The average Bonchev–Trinajstić information content (AvgIpc) is 3.40. The highest BCUT2D eigenvalue weighted by Crippen LogP contribution is 2.27. The van der Waals surface area contributed by atoms with Gasteiger partial charge < -0.3 is 19.9 Å². The molecule has 3 aromatic heterocycles. The van der Waals surface area contributed by atoms with Gasteiger partial charge >= 0.3 is 6.09 Å². The molecule has 4 rings (SSSR count). The molecule has 0 aromatic carbocycles. The van der Waals surface area contributed by atoms with Crippen molar-refractivity contribution in [2.24, 2.45) is 13.0 Å². The van der Waals surface area contributed by atoms with E-state index in [2.05, 4.69) is 30.9 Å². The summed E-state index contributed by atoms with van der Waals surface area (Å²) in [5.41, 5.74) is 1.98. The Morgan fingerprint density at radius 3 is 2.74 bits per heavy atom. The highest BCUT2D eigenvalue weighted by molar-refractivity contribution is 6.30. The van der Waals surface area contributed by atoms with Crippen molar-refractivity contribution in [1.82, 2.24) is 24.8 Å². The number of imidazole rings is 1. The van der Waals surface area contributed by atoms with E-state index in [0.29, 0.717) is 35.0 Å². The molecular formula is C22H22ClN7O4. The van der Waals surface area contributed by atoms with Crippen molar-refractivity contribution in [3.63, 3.8) is 0 Å². The average molecular weight is 484 g/mol. The van der Waals surface area contributed by atoms with E-state index in [-0.39, 0.29) is 23.4 Å². The molecule has 1 aliphatic heterocycles. The number of aromatic nitrogens is 4. The van der Waals surface area contributed by atoms with Crippen LogP contribution in [0.25, 0.3) is 11.4 Å². The van der Waals surface area contributed by atoms with Crippen LogP contribution in [0, 0.1) is 5.92 Å². The molecule has 2 atom stereocenters. The Kier molecular flexibility index (Phi) is 6.73. The number of hydrogen-bond acceptors (Lipinski definition) is 7. The van der Waals surface area contributed by atoms with Crippen molar-refractivity contribution >= 4 is 41.0 Å². The molecule has 12 heteroatoms. The van der Waals surface area contributed by atoms with Gasteiger partial charge in [-0.2, -0.15) is 0 Å². The lowest BCUT2D eigenvalue weighted by atomic mass is 10.1. The van der Waals surface area contributed by atoms with Crippen LogP contribution in [-0.2, 0) is 21.4 Å². The van der Waals surface area contributed by atoms with E-state index in [4.69, 9.17) is 16.3 Å². The lowest BCUT2D eigenvalue weighted by molar-refractivity contribution is -0.123. The number of rotatable bonds is 6. The predicted octanol–water partition coefficient (Wildman–Crippen LogP) is 2.91. The maximum absolute atomic E-state index is 12.5. The lowest BCUT2D eigenvalue weighted by Crippen LogP contribution is -2.24. The monoisotopic (exact) mass is 483 g/mol. The number of amides is 3. The van der Waals surface area contributed by atoms with Gasteiger partial charge in [-0.1, -0.05) is 17.7 Å². The summed E-state index contributed by atoms with van der Waals surface area (Å²) in [6.45, 7) is 2.01. The molecule has 0 unspecified atom stereocenters. The third kappa shape index (κ3) is 5.15. The minimum absolute atomic E-state index is 0.139. The first kappa shape index (κ1) is 23.2. The first-order valence-electron chi connectivity index (χ1n) is 10.4. The number of hydrogen-bond donors (Lipinski definition) is 3. The lowest BCUT2D eigenvalue weighted by Gasteiger charge is -2.15. The van der Waals surface area contributed by atoms with Crippen LogP contribution >= 0.6 is 11.6 Å². The van der Waals surface area contributed by atoms with Crippen molar-refractivity contribution in [3.8, 4) is 11.4 Å². The van der Waals surface area contributed by atoms with Crippen LogP contribution in [0.5, 0.6) is 0 Å². The third-order valence-electron chi connectivity index (χ3n) is 5.29. The molecule has 1 aliphatic rings. The molecule has 3 aromatic rings. The largest absolute Gasteiger partial charge is 0.441 e. The second-order valence-corrected chi connectivity index (χ2v) is 8.09. The maximum atomic E-state index is 12.5. The van der Waals surface area contributed by atoms with E-state index in [9.17, 15) is 14.4 Å². The number of ether oxygens (including phenoxy) is 1. The number of carbonyl (C=O) groups excluding carboxylic acids is 3. The van der Waals surface area contributed by atoms with E-state index in [1.54, 1.807) is 49.0 Å². The van der Waals surface area contributed by atoms with E-state index in [0.717, 1.165) is 0 Å². The zero-order chi connectivity index (χ0) is 24.2. The minimum Gasteiger partial charge on any atom is -0.441 e. The summed E-state index contributed by atoms with van der Waals surface area (Å²) >= 11 is 6.07. The van der Waals surface area contributed by atoms with Crippen molar-refractivity contribution in [2.75, 3.05) is 17.2 Å². The molecule has 0 bridgehead atoms. The van der Waals surface area contributed by atoms with Gasteiger partial charge in [-0.25, -0.2) is 14.8 Å². The summed E-state index contributed by atoms with van der Waals surface area (Å²) in [7, 11) is 1.72. The zero-order valence-corrected chi connectivity index (χ0v) is 19.2. The Labute approximate surface area is 199 Å². The molecule has 11 nitrogen and oxygen atoms in total. The van der Waals surface area contributed by atoms with Gasteiger partial charge in [-0.05, 0) is 25.1 Å². The number of halogens is 1. The fourth-order valence-corrected chi connectivity index (χ4v) is 3.73. The van der Waals surface area contributed by atoms with Crippen LogP contribution < -0.4 is 16.0 Å². The van der Waals surface area contributed by atoms with E-state index < -0.39 is 18.1 Å². The topological polar surface area (TPSA) is 140 Å². The molecule has 0 aliphatic carbocycles. The van der Waals surface area contributed by atoms with E-state index in [1.165, 1.54) is 12.5 Å². The highest BCUT2D eigenvalue weighted by atomic mass is 35.5. The molecule has 1 fully saturated rings. The molecule has 1 saturated heterocycles. The Hall–Kier alpha value is -3.99. The Morgan fingerprint density at radius 2 is 2.06 bits per heavy atom. The molecule has 4 heterocycles. The number of pyridine rings is 2. The van der Waals surface area contributed by atoms with Crippen molar-refractivity contribution in [3.05, 3.63) is 53.7 Å². The Bertz CT molecular complexity index is 1230. The predicted molar refractivity (Wildman–Crippen MR) is 124 cm³/mol. The summed E-state index contributed by atoms with van der Waals surface area (Å²) < 4.78 is 7.07. The minimum atomic E-state index is -0.694. The normalized spacial score (nSPS) is 16.0. The number of nitrogens with zero attached hydrogens (tertiary/aromatic N) is 4. The highest BCUT2D eigenvalue weighted by Gasteiger charge is 2.28. The van der Waals surface area contributed by atoms with Gasteiger partial charge in [0.1, 0.15) is 22.8 Å². The molecule has 3 amide bonds. The zero-order valence-electron chi connectivity index (χ0n) is 18.4. The molecule has 34 heavy (non-hydrogen) atoms. The summed E-state index contributed by atoms with van der Waals surface area (Å²) in [4.78, 5) is 48.8. The van der Waals surface area contributed by atoms with Crippen molar-refractivity contribution < 1.29 is 19.1 Å². The van der Waals surface area contributed by atoms with Gasteiger partial charge in [0.2, 0.25) is 11.8 Å². The fraction of sp³-hybridized carbons (Fsp3) is 0.273. The summed E-state index contributed by atoms with van der Waals surface area (Å²) in [6.07, 6.45) is 3.43. The molecule has 176 valence electrons. The first-order chi connectivity index (χ1) is 16.3. The van der Waals surface area contributed by atoms with Gasteiger partial charge in [0.25, 0.3) is 0 Å². The van der Waals surface area contributed by atoms with Crippen LogP contribution in [0.4, 0.5) is 16.3 Å². The van der Waals surface area contributed by atoms with E-state index in [1.807, 2.05) is 0 Å². The second kappa shape index (κ2) is 9.87. The molecule has 0 saturated carbocycles. The fourth-order valence-electron chi connectivity index (χ4n) is 3.46. The van der Waals surface area contributed by atoms with E-state index >= 15 is 0 Å². The number of carbonyl (C=O) groups is 3. The molecular weight excluding hydrogens is 462 g/mol. The summed E-state index contributed by atoms with van der Waals surface area (Å²) in [6, 6.07) is 6.78. The smallest absolute Gasteiger partial charge is 0.413 e. The third-order valence-corrected chi connectivity index (χ3v) is 5.60. The van der Waals surface area contributed by atoms with Gasteiger partial charge in [0.15, 0.2) is 0 Å². The number of aryl methyl sites for hydroxylation is 1. The Morgan fingerprint density at radius 1 is 1.24 bits per heavy atom. The van der Waals surface area contributed by atoms with Gasteiger partial charge in [-0.3, -0.25) is 19.9 Å². The standard InChI is InChI=1S/C22H22ClN7O4/c1-12(15-4-3-7-24-19(15)23)34-22(33)29-20-18(27-11-30(20)2)16-6-5-14(10-25-16)28-21(32)13-8-17(31)26-9-13/h3-7,10-13H,8-9H2,1-2H3,(H,26,31)(H,28,32)(H,29,33)/t12-,13-/m1/s1. The molecule has 0 radical (unpaired) electrons. The quantitative estimate of drug-likeness (QED) is 0.458. The van der Waals surface area contributed by atoms with Crippen LogP contribution in [0.3, 0.4) is 0 Å². The van der Waals surface area contributed by atoms with Gasteiger partial charge in [-0.15, -0.1) is 0 Å². The summed E-state index contributed by atoms with van der Waals surface area (Å²) in [5, 5.41) is 8.34. The van der Waals surface area contributed by atoms with Gasteiger partial charge in [0.05, 0.1) is 29.8 Å². The van der Waals surface area contributed by atoms with Crippen LogP contribution in [-0.4, -0.2) is 44.0 Å². The molecule has 3 N–H and O–H groups in total. The number of anilines is 2. The maximum Gasteiger partial charge on any atom is 0.413 e. The Balaban J connectivity index is 1.43. The SMILES string of the molecule is C[C@@H](OC(=O)Nc1c(-c2ccc(NC(=O)[C@H]3CNC(=O)C3)cn2)ncn1C)c1cccnc1Cl. The molecule has 0 spiro atoms. The van der Waals surface area contributed by atoms with Crippen molar-refractivity contribution in [2.45, 2.75) is 19.4 Å². The van der Waals surface area contributed by atoms with Crippen LogP contribution in [0.15, 0.2) is 43.0 Å².